The Morgan fingerprint density at radius 3 is 2.60 bits per heavy atom. The second kappa shape index (κ2) is 10.9. The first-order valence-corrected chi connectivity index (χ1v) is 7.00. The summed E-state index contributed by atoms with van der Waals surface area (Å²) >= 11 is 3.34. The summed E-state index contributed by atoms with van der Waals surface area (Å²) in [5, 5.41) is 5.71. The molecular weight excluding hydrogens is 435 g/mol. The summed E-state index contributed by atoms with van der Waals surface area (Å²) in [6, 6.07) is 7.44. The molecule has 0 aliphatic carbocycles. The molecule has 0 aliphatic heterocycles. The van der Waals surface area contributed by atoms with Gasteiger partial charge in [-0.2, -0.15) is 0 Å². The van der Waals surface area contributed by atoms with Crippen molar-refractivity contribution in [3.05, 3.63) is 28.7 Å². The lowest BCUT2D eigenvalue weighted by atomic mass is 10.3. The molecule has 0 atom stereocenters. The average Bonchev–Trinajstić information content (AvgIpc) is 2.39. The second-order valence-electron chi connectivity index (χ2n) is 4.00. The molecule has 20 heavy (non-hydrogen) atoms. The lowest BCUT2D eigenvalue weighted by Crippen LogP contribution is -2.34. The summed E-state index contributed by atoms with van der Waals surface area (Å²) in [5.74, 6) is 0.330. The standard InChI is InChI=1S/C13H19BrN4O.HI/c1-2-8-16-13(15)17-9-7-12(19)18-11-5-3-10(14)4-6-11;/h3-6H,2,7-9H2,1H3,(H,18,19)(H3,15,16,17);1H. The van der Waals surface area contributed by atoms with E-state index in [2.05, 4.69) is 31.6 Å². The molecule has 0 fully saturated rings. The number of anilines is 1. The van der Waals surface area contributed by atoms with E-state index in [0.29, 0.717) is 25.5 Å². The Kier molecular flexibility index (Phi) is 10.4. The van der Waals surface area contributed by atoms with Crippen LogP contribution < -0.4 is 16.4 Å². The molecule has 1 aromatic carbocycles. The SMILES string of the molecule is CCCN=C(N)NCCC(=O)Nc1ccc(Br)cc1.I. The van der Waals surface area contributed by atoms with Crippen molar-refractivity contribution in [1.82, 2.24) is 5.32 Å². The highest BCUT2D eigenvalue weighted by molar-refractivity contribution is 14.0. The van der Waals surface area contributed by atoms with Crippen LogP contribution in [0.25, 0.3) is 0 Å². The number of nitrogens with two attached hydrogens (primary N) is 1. The maximum absolute atomic E-state index is 11.6. The van der Waals surface area contributed by atoms with Crippen molar-refractivity contribution < 1.29 is 4.79 Å². The number of hydrogen-bond acceptors (Lipinski definition) is 2. The molecule has 0 heterocycles. The predicted octanol–water partition coefficient (Wildman–Crippen LogP) is 2.71. The van der Waals surface area contributed by atoms with Gasteiger partial charge in [-0.1, -0.05) is 22.9 Å². The van der Waals surface area contributed by atoms with Crippen molar-refractivity contribution in [3.63, 3.8) is 0 Å². The first kappa shape index (κ1) is 19.2. The van der Waals surface area contributed by atoms with Gasteiger partial charge >= 0.3 is 0 Å². The Morgan fingerprint density at radius 2 is 2.00 bits per heavy atom. The van der Waals surface area contributed by atoms with Gasteiger partial charge < -0.3 is 16.4 Å². The van der Waals surface area contributed by atoms with Crippen LogP contribution in [0.3, 0.4) is 0 Å². The van der Waals surface area contributed by atoms with Crippen LogP contribution in [0.1, 0.15) is 19.8 Å². The molecule has 0 saturated carbocycles. The Balaban J connectivity index is 0.00000361. The van der Waals surface area contributed by atoms with Crippen LogP contribution >= 0.6 is 39.9 Å². The number of nitrogens with zero attached hydrogens (tertiary/aromatic N) is 1. The molecule has 5 nitrogen and oxygen atoms in total. The number of hydrogen-bond donors (Lipinski definition) is 3. The molecule has 0 spiro atoms. The number of rotatable bonds is 6. The van der Waals surface area contributed by atoms with Gasteiger partial charge in [0.15, 0.2) is 5.96 Å². The fourth-order valence-electron chi connectivity index (χ4n) is 1.35. The fourth-order valence-corrected chi connectivity index (χ4v) is 1.61. The Hall–Kier alpha value is -0.830. The zero-order valence-corrected chi connectivity index (χ0v) is 15.3. The van der Waals surface area contributed by atoms with Gasteiger partial charge in [-0.15, -0.1) is 24.0 Å². The van der Waals surface area contributed by atoms with Crippen LogP contribution in [0, 0.1) is 0 Å². The molecule has 1 aromatic rings. The normalized spacial score (nSPS) is 10.6. The zero-order valence-electron chi connectivity index (χ0n) is 11.4. The molecule has 7 heteroatoms. The first-order valence-electron chi connectivity index (χ1n) is 6.21. The van der Waals surface area contributed by atoms with Crippen molar-refractivity contribution in [2.45, 2.75) is 19.8 Å². The Labute approximate surface area is 144 Å². The van der Waals surface area contributed by atoms with Crippen molar-refractivity contribution in [3.8, 4) is 0 Å². The quantitative estimate of drug-likeness (QED) is 0.351. The van der Waals surface area contributed by atoms with Crippen molar-refractivity contribution in [2.24, 2.45) is 10.7 Å². The number of amides is 1. The lowest BCUT2D eigenvalue weighted by Gasteiger charge is -2.07. The molecule has 4 N–H and O–H groups in total. The number of nitrogens with one attached hydrogen (secondary N) is 2. The highest BCUT2D eigenvalue weighted by Crippen LogP contribution is 2.14. The third kappa shape index (κ3) is 8.36. The van der Waals surface area contributed by atoms with Crippen LogP contribution in [0.15, 0.2) is 33.7 Å². The second-order valence-corrected chi connectivity index (χ2v) is 4.91. The van der Waals surface area contributed by atoms with Gasteiger partial charge in [0.1, 0.15) is 0 Å². The number of benzene rings is 1. The fraction of sp³-hybridized carbons (Fsp3) is 0.385. The third-order valence-electron chi connectivity index (χ3n) is 2.29. The number of halogens is 2. The molecule has 0 radical (unpaired) electrons. The molecule has 112 valence electrons. The van der Waals surface area contributed by atoms with E-state index in [9.17, 15) is 4.79 Å². The third-order valence-corrected chi connectivity index (χ3v) is 2.82. The van der Waals surface area contributed by atoms with E-state index in [-0.39, 0.29) is 29.9 Å². The molecule has 0 aromatic heterocycles. The summed E-state index contributed by atoms with van der Waals surface area (Å²) in [6.07, 6.45) is 1.30. The summed E-state index contributed by atoms with van der Waals surface area (Å²) in [4.78, 5) is 15.7. The number of aliphatic imine (C=N–C) groups is 1. The Morgan fingerprint density at radius 1 is 1.35 bits per heavy atom. The van der Waals surface area contributed by atoms with Crippen LogP contribution in [0.2, 0.25) is 0 Å². The topological polar surface area (TPSA) is 79.5 Å². The maximum atomic E-state index is 11.6. The number of guanidine groups is 1. The average molecular weight is 455 g/mol. The van der Waals surface area contributed by atoms with Gasteiger partial charge in [0.2, 0.25) is 5.91 Å². The smallest absolute Gasteiger partial charge is 0.226 e. The van der Waals surface area contributed by atoms with Gasteiger partial charge in [0.05, 0.1) is 0 Å². The van der Waals surface area contributed by atoms with Crippen molar-refractivity contribution in [1.29, 1.82) is 0 Å². The van der Waals surface area contributed by atoms with E-state index in [4.69, 9.17) is 5.73 Å². The lowest BCUT2D eigenvalue weighted by molar-refractivity contribution is -0.116. The van der Waals surface area contributed by atoms with E-state index in [1.165, 1.54) is 0 Å². The minimum Gasteiger partial charge on any atom is -0.370 e. The summed E-state index contributed by atoms with van der Waals surface area (Å²) in [7, 11) is 0. The highest BCUT2D eigenvalue weighted by Gasteiger charge is 2.02. The Bertz CT molecular complexity index is 437. The maximum Gasteiger partial charge on any atom is 0.226 e. The molecular formula is C13H20BrIN4O. The summed E-state index contributed by atoms with van der Waals surface area (Å²) in [6.45, 7) is 3.20. The van der Waals surface area contributed by atoms with Gasteiger partial charge in [-0.3, -0.25) is 9.79 Å². The molecule has 1 amide bonds. The first-order chi connectivity index (χ1) is 9.11. The minimum atomic E-state index is -0.0573. The van der Waals surface area contributed by atoms with E-state index < -0.39 is 0 Å². The van der Waals surface area contributed by atoms with Crippen LogP contribution in [-0.4, -0.2) is 25.0 Å². The molecule has 0 aliphatic rings. The number of carbonyl (C=O) groups is 1. The van der Waals surface area contributed by atoms with Gasteiger partial charge in [-0.05, 0) is 30.7 Å². The molecule has 0 saturated heterocycles. The van der Waals surface area contributed by atoms with Gasteiger partial charge in [-0.25, -0.2) is 0 Å². The zero-order chi connectivity index (χ0) is 14.1. The van der Waals surface area contributed by atoms with Gasteiger partial charge in [0.25, 0.3) is 0 Å². The van der Waals surface area contributed by atoms with Crippen LogP contribution in [-0.2, 0) is 4.79 Å². The monoisotopic (exact) mass is 454 g/mol. The van der Waals surface area contributed by atoms with Crippen molar-refractivity contribution >= 4 is 57.5 Å². The number of carbonyl (C=O) groups excluding carboxylic acids is 1. The largest absolute Gasteiger partial charge is 0.370 e. The highest BCUT2D eigenvalue weighted by atomic mass is 127. The minimum absolute atomic E-state index is 0. The van der Waals surface area contributed by atoms with E-state index in [1.54, 1.807) is 0 Å². The van der Waals surface area contributed by atoms with Crippen LogP contribution in [0.4, 0.5) is 5.69 Å². The van der Waals surface area contributed by atoms with E-state index >= 15 is 0 Å². The molecule has 0 bridgehead atoms. The van der Waals surface area contributed by atoms with E-state index in [1.807, 2.05) is 31.2 Å². The molecule has 1 rings (SSSR count). The van der Waals surface area contributed by atoms with E-state index in [0.717, 1.165) is 16.6 Å². The molecule has 0 unspecified atom stereocenters. The van der Waals surface area contributed by atoms with Crippen molar-refractivity contribution in [2.75, 3.05) is 18.4 Å². The summed E-state index contributed by atoms with van der Waals surface area (Å²) < 4.78 is 0.979. The van der Waals surface area contributed by atoms with Crippen LogP contribution in [0.5, 0.6) is 0 Å². The predicted molar refractivity (Wildman–Crippen MR) is 97.6 cm³/mol. The summed E-state index contributed by atoms with van der Waals surface area (Å²) in [5.41, 5.74) is 6.40. The van der Waals surface area contributed by atoms with Gasteiger partial charge in [0, 0.05) is 29.7 Å².